The van der Waals surface area contributed by atoms with Crippen LogP contribution >= 0.6 is 0 Å². The number of carbonyl (C=O) groups is 1. The number of nitrogens with zero attached hydrogens (tertiary/aromatic N) is 1. The second-order valence-corrected chi connectivity index (χ2v) is 4.60. The third-order valence-electron chi connectivity index (χ3n) is 2.95. The fourth-order valence-corrected chi connectivity index (χ4v) is 1.93. The fraction of sp³-hybridized carbons (Fsp3) is 0.500. The molecule has 0 heterocycles. The Balaban J connectivity index is 2.57. The number of hydrogen-bond donors (Lipinski definition) is 2. The van der Waals surface area contributed by atoms with E-state index in [0.717, 1.165) is 11.3 Å². The molecule has 0 fully saturated rings. The van der Waals surface area contributed by atoms with Gasteiger partial charge >= 0.3 is 0 Å². The molecule has 4 heteroatoms. The zero-order valence-corrected chi connectivity index (χ0v) is 11.1. The molecular formula is C14H22N2O2. The van der Waals surface area contributed by atoms with E-state index in [1.54, 1.807) is 4.90 Å². The standard InChI is InChI=1S/C14H22N2O2/c1-11(2)16(9-10-17)14(18)8-7-12-5-3-4-6-13(12)15/h3-6,11,17H,7-10,15H2,1-2H3. The van der Waals surface area contributed by atoms with Crippen molar-refractivity contribution in [2.24, 2.45) is 0 Å². The summed E-state index contributed by atoms with van der Waals surface area (Å²) in [5.74, 6) is 0.0577. The van der Waals surface area contributed by atoms with Crippen molar-refractivity contribution in [2.45, 2.75) is 32.7 Å². The Morgan fingerprint density at radius 1 is 1.39 bits per heavy atom. The number of nitrogens with two attached hydrogens (primary N) is 1. The smallest absolute Gasteiger partial charge is 0.223 e. The summed E-state index contributed by atoms with van der Waals surface area (Å²) in [6.45, 7) is 4.28. The van der Waals surface area contributed by atoms with Crippen LogP contribution in [-0.2, 0) is 11.2 Å². The predicted octanol–water partition coefficient (Wildman–Crippen LogP) is 1.43. The van der Waals surface area contributed by atoms with Gasteiger partial charge < -0.3 is 15.7 Å². The molecule has 0 radical (unpaired) electrons. The first-order chi connectivity index (χ1) is 8.56. The van der Waals surface area contributed by atoms with Gasteiger partial charge in [-0.05, 0) is 31.9 Å². The normalized spacial score (nSPS) is 10.7. The topological polar surface area (TPSA) is 66.6 Å². The average molecular weight is 250 g/mol. The molecule has 1 aromatic carbocycles. The molecule has 4 nitrogen and oxygen atoms in total. The van der Waals surface area contributed by atoms with Crippen LogP contribution < -0.4 is 5.73 Å². The molecule has 0 atom stereocenters. The quantitative estimate of drug-likeness (QED) is 0.751. The summed E-state index contributed by atoms with van der Waals surface area (Å²) < 4.78 is 0. The Bertz CT molecular complexity index is 391. The van der Waals surface area contributed by atoms with Crippen molar-refractivity contribution in [3.05, 3.63) is 29.8 Å². The highest BCUT2D eigenvalue weighted by Gasteiger charge is 2.16. The van der Waals surface area contributed by atoms with Gasteiger partial charge in [0.2, 0.25) is 5.91 Å². The van der Waals surface area contributed by atoms with Crippen LogP contribution in [0.1, 0.15) is 25.8 Å². The van der Waals surface area contributed by atoms with E-state index in [1.807, 2.05) is 38.1 Å². The van der Waals surface area contributed by atoms with Gasteiger partial charge in [-0.15, -0.1) is 0 Å². The molecule has 1 rings (SSSR count). The van der Waals surface area contributed by atoms with Crippen LogP contribution in [0.5, 0.6) is 0 Å². The van der Waals surface area contributed by atoms with Crippen LogP contribution in [0.15, 0.2) is 24.3 Å². The Hall–Kier alpha value is -1.55. The average Bonchev–Trinajstić information content (AvgIpc) is 2.34. The number of anilines is 1. The number of amides is 1. The summed E-state index contributed by atoms with van der Waals surface area (Å²) in [6, 6.07) is 7.69. The first-order valence-corrected chi connectivity index (χ1v) is 6.30. The molecule has 100 valence electrons. The lowest BCUT2D eigenvalue weighted by Gasteiger charge is -2.26. The predicted molar refractivity (Wildman–Crippen MR) is 73.1 cm³/mol. The van der Waals surface area contributed by atoms with E-state index in [2.05, 4.69) is 0 Å². The third-order valence-corrected chi connectivity index (χ3v) is 2.95. The summed E-state index contributed by atoms with van der Waals surface area (Å²) in [4.78, 5) is 13.7. The van der Waals surface area contributed by atoms with Gasteiger partial charge in [-0.1, -0.05) is 18.2 Å². The number of carbonyl (C=O) groups excluding carboxylic acids is 1. The van der Waals surface area contributed by atoms with Crippen LogP contribution in [0.2, 0.25) is 0 Å². The molecule has 0 aliphatic heterocycles. The van der Waals surface area contributed by atoms with E-state index in [1.165, 1.54) is 0 Å². The molecule has 0 aromatic heterocycles. The minimum absolute atomic E-state index is 0.00258. The van der Waals surface area contributed by atoms with E-state index in [-0.39, 0.29) is 18.6 Å². The molecule has 18 heavy (non-hydrogen) atoms. The van der Waals surface area contributed by atoms with E-state index in [9.17, 15) is 4.79 Å². The van der Waals surface area contributed by atoms with Gasteiger partial charge in [0.25, 0.3) is 0 Å². The van der Waals surface area contributed by atoms with Crippen molar-refractivity contribution < 1.29 is 9.90 Å². The molecule has 0 aliphatic rings. The number of aliphatic hydroxyl groups is 1. The maximum absolute atomic E-state index is 12.0. The second-order valence-electron chi connectivity index (χ2n) is 4.60. The Kier molecular flexibility index (Phi) is 5.65. The van der Waals surface area contributed by atoms with Gasteiger partial charge in [-0.3, -0.25) is 4.79 Å². The minimum Gasteiger partial charge on any atom is -0.399 e. The van der Waals surface area contributed by atoms with Gasteiger partial charge in [0, 0.05) is 24.7 Å². The Morgan fingerprint density at radius 3 is 2.61 bits per heavy atom. The number of nitrogen functional groups attached to an aromatic ring is 1. The highest BCUT2D eigenvalue weighted by atomic mass is 16.3. The van der Waals surface area contributed by atoms with Crippen molar-refractivity contribution in [1.29, 1.82) is 0 Å². The van der Waals surface area contributed by atoms with E-state index >= 15 is 0 Å². The van der Waals surface area contributed by atoms with Crippen molar-refractivity contribution in [3.8, 4) is 0 Å². The zero-order chi connectivity index (χ0) is 13.5. The monoisotopic (exact) mass is 250 g/mol. The van der Waals surface area contributed by atoms with Gasteiger partial charge in [0.05, 0.1) is 6.61 Å². The maximum Gasteiger partial charge on any atom is 0.223 e. The highest BCUT2D eigenvalue weighted by molar-refractivity contribution is 5.77. The molecular weight excluding hydrogens is 228 g/mol. The Morgan fingerprint density at radius 2 is 2.06 bits per heavy atom. The van der Waals surface area contributed by atoms with Crippen LogP contribution in [0.4, 0.5) is 5.69 Å². The van der Waals surface area contributed by atoms with Gasteiger partial charge in [0.15, 0.2) is 0 Å². The first-order valence-electron chi connectivity index (χ1n) is 6.30. The van der Waals surface area contributed by atoms with Gasteiger partial charge in [-0.25, -0.2) is 0 Å². The molecule has 0 saturated carbocycles. The summed E-state index contributed by atoms with van der Waals surface area (Å²) >= 11 is 0. The maximum atomic E-state index is 12.0. The van der Waals surface area contributed by atoms with Crippen molar-refractivity contribution in [2.75, 3.05) is 18.9 Å². The number of benzene rings is 1. The van der Waals surface area contributed by atoms with E-state index < -0.39 is 0 Å². The largest absolute Gasteiger partial charge is 0.399 e. The van der Waals surface area contributed by atoms with Gasteiger partial charge in [-0.2, -0.15) is 0 Å². The summed E-state index contributed by atoms with van der Waals surface area (Å²) in [7, 11) is 0. The van der Waals surface area contributed by atoms with E-state index in [4.69, 9.17) is 10.8 Å². The SMILES string of the molecule is CC(C)N(CCO)C(=O)CCc1ccccc1N. The highest BCUT2D eigenvalue weighted by Crippen LogP contribution is 2.14. The molecule has 3 N–H and O–H groups in total. The summed E-state index contributed by atoms with van der Waals surface area (Å²) in [5, 5.41) is 8.95. The minimum atomic E-state index is -0.00258. The number of aliphatic hydroxyl groups excluding tert-OH is 1. The van der Waals surface area contributed by atoms with Gasteiger partial charge in [0.1, 0.15) is 0 Å². The van der Waals surface area contributed by atoms with Crippen molar-refractivity contribution >= 4 is 11.6 Å². The van der Waals surface area contributed by atoms with Crippen molar-refractivity contribution in [1.82, 2.24) is 4.90 Å². The molecule has 0 unspecified atom stereocenters. The molecule has 1 amide bonds. The lowest BCUT2D eigenvalue weighted by molar-refractivity contribution is -0.133. The first kappa shape index (κ1) is 14.5. The third kappa shape index (κ3) is 4.04. The molecule has 1 aromatic rings. The molecule has 0 bridgehead atoms. The zero-order valence-electron chi connectivity index (χ0n) is 11.1. The molecule has 0 aliphatic carbocycles. The summed E-state index contributed by atoms with van der Waals surface area (Å²) in [6.07, 6.45) is 1.06. The summed E-state index contributed by atoms with van der Waals surface area (Å²) in [5.41, 5.74) is 7.56. The van der Waals surface area contributed by atoms with Crippen LogP contribution in [0, 0.1) is 0 Å². The van der Waals surface area contributed by atoms with Crippen LogP contribution in [-0.4, -0.2) is 35.1 Å². The van der Waals surface area contributed by atoms with Crippen molar-refractivity contribution in [3.63, 3.8) is 0 Å². The lowest BCUT2D eigenvalue weighted by atomic mass is 10.1. The number of rotatable bonds is 6. The number of para-hydroxylation sites is 1. The number of hydrogen-bond acceptors (Lipinski definition) is 3. The van der Waals surface area contributed by atoms with E-state index in [0.29, 0.717) is 19.4 Å². The molecule has 0 spiro atoms. The second kappa shape index (κ2) is 7.01. The van der Waals surface area contributed by atoms with Crippen LogP contribution in [0.3, 0.4) is 0 Å². The molecule has 0 saturated heterocycles. The lowest BCUT2D eigenvalue weighted by Crippen LogP contribution is -2.39. The Labute approximate surface area is 108 Å². The fourth-order valence-electron chi connectivity index (χ4n) is 1.93. The number of aryl methyl sites for hydroxylation is 1. The van der Waals surface area contributed by atoms with Crippen LogP contribution in [0.25, 0.3) is 0 Å².